The van der Waals surface area contributed by atoms with Crippen molar-refractivity contribution < 1.29 is 58.6 Å². The van der Waals surface area contributed by atoms with E-state index in [-0.39, 0.29) is 11.5 Å². The van der Waals surface area contributed by atoms with Crippen LogP contribution in [0.4, 0.5) is 0 Å². The summed E-state index contributed by atoms with van der Waals surface area (Å²) < 4.78 is 21.6. The van der Waals surface area contributed by atoms with E-state index in [9.17, 15) is 39.6 Å². The second-order valence-electron chi connectivity index (χ2n) is 7.39. The van der Waals surface area contributed by atoms with E-state index in [1.54, 1.807) is 13.8 Å². The van der Waals surface area contributed by atoms with Crippen LogP contribution >= 0.6 is 0 Å². The molecule has 0 aliphatic rings. The Morgan fingerprint density at radius 1 is 0.500 bits per heavy atom. The van der Waals surface area contributed by atoms with Gasteiger partial charge in [-0.2, -0.15) is 0 Å². The first kappa shape index (κ1) is 27.3. The fourth-order valence-electron chi connectivity index (χ4n) is 3.50. The van der Waals surface area contributed by atoms with Gasteiger partial charge in [0.15, 0.2) is 11.5 Å². The van der Waals surface area contributed by atoms with E-state index in [2.05, 4.69) is 0 Å². The van der Waals surface area contributed by atoms with Crippen LogP contribution in [0.1, 0.15) is 55.3 Å². The zero-order valence-electron chi connectivity index (χ0n) is 20.1. The van der Waals surface area contributed by atoms with E-state index >= 15 is 0 Å². The quantitative estimate of drug-likeness (QED) is 0.251. The average Bonchev–Trinajstić information content (AvgIpc) is 2.86. The van der Waals surface area contributed by atoms with Crippen molar-refractivity contribution in [3.63, 3.8) is 0 Å². The first-order valence-electron chi connectivity index (χ1n) is 11.1. The van der Waals surface area contributed by atoms with Gasteiger partial charge in [-0.1, -0.05) is 0 Å². The Kier molecular flexibility index (Phi) is 8.38. The zero-order valence-corrected chi connectivity index (χ0v) is 20.1. The Morgan fingerprint density at radius 2 is 0.737 bits per heavy atom. The number of ether oxygens (including phenoxy) is 4. The van der Waals surface area contributed by atoms with Gasteiger partial charge in [-0.25, -0.2) is 19.2 Å². The zero-order chi connectivity index (χ0) is 28.0. The molecule has 0 unspecified atom stereocenters. The van der Waals surface area contributed by atoms with Gasteiger partial charge in [-0.15, -0.1) is 0 Å². The Hall–Kier alpha value is -5.26. The number of carboxylic acid groups (broad SMARTS) is 4. The molecule has 12 nitrogen and oxygen atoms in total. The van der Waals surface area contributed by atoms with E-state index in [0.29, 0.717) is 24.7 Å². The Balaban J connectivity index is 2.31. The summed E-state index contributed by atoms with van der Waals surface area (Å²) in [5, 5.41) is 39.7. The molecule has 0 saturated carbocycles. The van der Waals surface area contributed by atoms with Crippen molar-refractivity contribution >= 4 is 23.9 Å². The van der Waals surface area contributed by atoms with Gasteiger partial charge in [0.05, 0.1) is 13.2 Å². The summed E-state index contributed by atoms with van der Waals surface area (Å²) in [6, 6.07) is 11.0. The molecular weight excluding hydrogens is 504 g/mol. The molecule has 0 spiro atoms. The third-order valence-corrected chi connectivity index (χ3v) is 4.97. The van der Waals surface area contributed by atoms with Crippen LogP contribution in [0.15, 0.2) is 48.5 Å². The molecule has 3 aromatic carbocycles. The number of aromatic carboxylic acids is 4. The van der Waals surface area contributed by atoms with Crippen LogP contribution < -0.4 is 18.9 Å². The lowest BCUT2D eigenvalue weighted by Crippen LogP contribution is -2.20. The fourth-order valence-corrected chi connectivity index (χ4v) is 3.50. The molecule has 0 radical (unpaired) electrons. The van der Waals surface area contributed by atoms with E-state index in [4.69, 9.17) is 18.9 Å². The second kappa shape index (κ2) is 11.6. The van der Waals surface area contributed by atoms with Crippen molar-refractivity contribution in [2.45, 2.75) is 13.8 Å². The molecule has 4 N–H and O–H groups in total. The van der Waals surface area contributed by atoms with Crippen molar-refractivity contribution in [2.24, 2.45) is 0 Å². The van der Waals surface area contributed by atoms with Gasteiger partial charge in [0.2, 0.25) is 0 Å². The highest BCUT2D eigenvalue weighted by atomic mass is 16.5. The van der Waals surface area contributed by atoms with E-state index in [1.165, 1.54) is 48.5 Å². The first-order valence-corrected chi connectivity index (χ1v) is 11.1. The van der Waals surface area contributed by atoms with Crippen molar-refractivity contribution in [2.75, 3.05) is 13.2 Å². The Bertz CT molecular complexity index is 1220. The van der Waals surface area contributed by atoms with Crippen molar-refractivity contribution in [1.29, 1.82) is 0 Å². The van der Waals surface area contributed by atoms with Gasteiger partial charge in [0.1, 0.15) is 45.3 Å². The molecule has 12 heteroatoms. The van der Waals surface area contributed by atoms with Crippen molar-refractivity contribution in [1.82, 2.24) is 0 Å². The van der Waals surface area contributed by atoms with Crippen LogP contribution in [0.3, 0.4) is 0 Å². The molecule has 0 aliphatic heterocycles. The molecular formula is C26H22O12. The highest BCUT2D eigenvalue weighted by molar-refractivity contribution is 6.15. The van der Waals surface area contributed by atoms with Gasteiger partial charge in [-0.3, -0.25) is 0 Å². The van der Waals surface area contributed by atoms with Crippen LogP contribution in [-0.4, -0.2) is 57.5 Å². The lowest BCUT2D eigenvalue weighted by atomic mass is 9.94. The summed E-state index contributed by atoms with van der Waals surface area (Å²) in [5.41, 5.74) is -4.46. The average molecular weight is 526 g/mol. The molecule has 0 fully saturated rings. The predicted molar refractivity (Wildman–Crippen MR) is 130 cm³/mol. The Labute approximate surface area is 215 Å². The maximum atomic E-state index is 12.3. The summed E-state index contributed by atoms with van der Waals surface area (Å²) in [5.74, 6) is -8.91. The number of carbonyl (C=O) groups is 4. The summed E-state index contributed by atoms with van der Waals surface area (Å²) in [6.45, 7) is 4.21. The van der Waals surface area contributed by atoms with E-state index in [0.717, 1.165) is 0 Å². The lowest BCUT2D eigenvalue weighted by molar-refractivity contribution is 0.0626. The molecule has 0 saturated heterocycles. The number of hydrogen-bond acceptors (Lipinski definition) is 8. The summed E-state index contributed by atoms with van der Waals surface area (Å²) in [4.78, 5) is 49.1. The third-order valence-electron chi connectivity index (χ3n) is 4.97. The van der Waals surface area contributed by atoms with Gasteiger partial charge < -0.3 is 39.4 Å². The molecule has 3 aromatic rings. The smallest absolute Gasteiger partial charge is 0.340 e. The minimum Gasteiger partial charge on any atom is -0.494 e. The largest absolute Gasteiger partial charge is 0.494 e. The van der Waals surface area contributed by atoms with Crippen LogP contribution in [0.25, 0.3) is 0 Å². The number of rotatable bonds is 12. The van der Waals surface area contributed by atoms with Gasteiger partial charge >= 0.3 is 23.9 Å². The maximum absolute atomic E-state index is 12.3. The van der Waals surface area contributed by atoms with Gasteiger partial charge in [-0.05, 0) is 62.4 Å². The topological polar surface area (TPSA) is 186 Å². The normalized spacial score (nSPS) is 10.4. The molecule has 3 rings (SSSR count). The van der Waals surface area contributed by atoms with Gasteiger partial charge in [0, 0.05) is 0 Å². The fraction of sp³-hybridized carbons (Fsp3) is 0.154. The summed E-state index contributed by atoms with van der Waals surface area (Å²) in [6.07, 6.45) is 0. The first-order chi connectivity index (χ1) is 18.1. The monoisotopic (exact) mass is 526 g/mol. The molecule has 38 heavy (non-hydrogen) atoms. The predicted octanol–water partition coefficient (Wildman–Crippen LogP) is 4.86. The van der Waals surface area contributed by atoms with Crippen LogP contribution in [0.5, 0.6) is 34.5 Å². The minimum atomic E-state index is -1.89. The van der Waals surface area contributed by atoms with E-state index < -0.39 is 57.6 Å². The molecule has 0 aliphatic carbocycles. The third kappa shape index (κ3) is 5.75. The highest BCUT2D eigenvalue weighted by Crippen LogP contribution is 2.43. The number of carboxylic acids is 4. The maximum Gasteiger partial charge on any atom is 0.340 e. The van der Waals surface area contributed by atoms with Crippen LogP contribution in [0.2, 0.25) is 0 Å². The lowest BCUT2D eigenvalue weighted by Gasteiger charge is -2.20. The second-order valence-corrected chi connectivity index (χ2v) is 7.39. The SMILES string of the molecule is CCOc1ccc(Oc2c(C(=O)O)c(C(=O)O)c(Oc3ccc(OCC)cc3)c(C(=O)O)c2C(=O)O)cc1. The molecule has 0 bridgehead atoms. The number of hydrogen-bond donors (Lipinski definition) is 4. The molecule has 0 amide bonds. The Morgan fingerprint density at radius 3 is 0.947 bits per heavy atom. The molecule has 0 atom stereocenters. The molecule has 0 heterocycles. The highest BCUT2D eigenvalue weighted by Gasteiger charge is 2.39. The van der Waals surface area contributed by atoms with E-state index in [1.807, 2.05) is 0 Å². The molecule has 0 aromatic heterocycles. The standard InChI is InChI=1S/C26H22O12/c1-3-35-13-5-9-15(10-6-13)37-21-17(23(27)28)19(25(31)32)22(20(26(33)34)18(21)24(29)30)38-16-11-7-14(8-12-16)36-4-2/h5-12H,3-4H2,1-2H3,(H,27,28)(H,29,30)(H,31,32)(H,33,34). The van der Waals surface area contributed by atoms with Crippen LogP contribution in [-0.2, 0) is 0 Å². The van der Waals surface area contributed by atoms with Crippen molar-refractivity contribution in [3.8, 4) is 34.5 Å². The molecule has 198 valence electrons. The van der Waals surface area contributed by atoms with Crippen molar-refractivity contribution in [3.05, 3.63) is 70.8 Å². The number of benzene rings is 3. The summed E-state index contributed by atoms with van der Waals surface area (Å²) in [7, 11) is 0. The summed E-state index contributed by atoms with van der Waals surface area (Å²) >= 11 is 0. The van der Waals surface area contributed by atoms with Crippen LogP contribution in [0, 0.1) is 0 Å². The van der Waals surface area contributed by atoms with Gasteiger partial charge in [0.25, 0.3) is 0 Å². The minimum absolute atomic E-state index is 0.105.